The summed E-state index contributed by atoms with van der Waals surface area (Å²) in [7, 11) is -5.29. The van der Waals surface area contributed by atoms with Crippen molar-refractivity contribution in [2.45, 2.75) is 44.3 Å². The Hall–Kier alpha value is -1.85. The summed E-state index contributed by atoms with van der Waals surface area (Å²) in [5.74, 6) is 0.427. The number of halogens is 3. The second-order valence-corrected chi connectivity index (χ2v) is 8.84. The van der Waals surface area contributed by atoms with E-state index in [2.05, 4.69) is 15.6 Å². The van der Waals surface area contributed by atoms with E-state index in [4.69, 9.17) is 0 Å². The number of benzene rings is 1. The Morgan fingerprint density at radius 3 is 2.38 bits per heavy atom. The van der Waals surface area contributed by atoms with E-state index in [0.29, 0.717) is 16.8 Å². The second-order valence-electron chi connectivity index (χ2n) is 6.91. The van der Waals surface area contributed by atoms with Crippen LogP contribution in [0.2, 0.25) is 0 Å². The number of guanidine groups is 1. The van der Waals surface area contributed by atoms with Gasteiger partial charge in [-0.15, -0.1) is 0 Å². The van der Waals surface area contributed by atoms with E-state index in [-0.39, 0.29) is 38.5 Å². The molecule has 1 aliphatic rings. The van der Waals surface area contributed by atoms with Gasteiger partial charge in [0.05, 0.1) is 12.6 Å². The van der Waals surface area contributed by atoms with Gasteiger partial charge in [-0.25, -0.2) is 8.42 Å². The van der Waals surface area contributed by atoms with Crippen LogP contribution in [0.25, 0.3) is 0 Å². The van der Waals surface area contributed by atoms with Crippen molar-refractivity contribution in [3.05, 3.63) is 35.4 Å². The number of nitrogens with zero attached hydrogens (tertiary/aromatic N) is 2. The highest BCUT2D eigenvalue weighted by molar-refractivity contribution is 7.90. The molecule has 0 aliphatic carbocycles. The summed E-state index contributed by atoms with van der Waals surface area (Å²) in [4.78, 5) is 4.35. The van der Waals surface area contributed by atoms with Gasteiger partial charge in [-0.1, -0.05) is 29.8 Å². The van der Waals surface area contributed by atoms with Crippen LogP contribution < -0.4 is 10.6 Å². The number of hydrogen-bond donors (Lipinski definition) is 3. The van der Waals surface area contributed by atoms with E-state index in [1.54, 1.807) is 0 Å². The fraction of sp³-hybridized carbons (Fsp3) is 0.611. The number of aliphatic hydroxyl groups is 1. The molecular formula is C18H27F3N4O3S. The van der Waals surface area contributed by atoms with E-state index in [1.807, 2.05) is 38.1 Å². The fourth-order valence-electron chi connectivity index (χ4n) is 2.97. The van der Waals surface area contributed by atoms with Crippen LogP contribution in [-0.2, 0) is 10.0 Å². The van der Waals surface area contributed by atoms with Crippen molar-refractivity contribution in [2.75, 3.05) is 26.2 Å². The molecule has 0 radical (unpaired) electrons. The van der Waals surface area contributed by atoms with Gasteiger partial charge in [0.1, 0.15) is 0 Å². The van der Waals surface area contributed by atoms with Gasteiger partial charge in [-0.05, 0) is 32.3 Å². The van der Waals surface area contributed by atoms with Crippen LogP contribution in [0.1, 0.15) is 37.0 Å². The van der Waals surface area contributed by atoms with Crippen molar-refractivity contribution < 1.29 is 26.7 Å². The molecule has 1 heterocycles. The van der Waals surface area contributed by atoms with Gasteiger partial charge < -0.3 is 15.7 Å². The van der Waals surface area contributed by atoms with Gasteiger partial charge in [-0.2, -0.15) is 17.5 Å². The van der Waals surface area contributed by atoms with Crippen LogP contribution in [0.5, 0.6) is 0 Å². The minimum Gasteiger partial charge on any atom is -0.386 e. The van der Waals surface area contributed by atoms with Gasteiger partial charge in [0.25, 0.3) is 0 Å². The highest BCUT2D eigenvalue weighted by Gasteiger charge is 2.50. The first-order valence-electron chi connectivity index (χ1n) is 9.40. The minimum absolute atomic E-state index is 0.111. The quantitative estimate of drug-likeness (QED) is 0.468. The Morgan fingerprint density at radius 1 is 1.28 bits per heavy atom. The van der Waals surface area contributed by atoms with E-state index in [1.165, 1.54) is 0 Å². The third-order valence-corrected chi connectivity index (χ3v) is 6.29. The van der Waals surface area contributed by atoms with E-state index >= 15 is 0 Å². The Morgan fingerprint density at radius 2 is 1.86 bits per heavy atom. The maximum absolute atomic E-state index is 12.7. The van der Waals surface area contributed by atoms with Crippen molar-refractivity contribution in [3.63, 3.8) is 0 Å². The molecule has 1 fully saturated rings. The lowest BCUT2D eigenvalue weighted by molar-refractivity contribution is -0.0494. The van der Waals surface area contributed by atoms with E-state index in [0.717, 1.165) is 11.1 Å². The molecule has 0 aromatic heterocycles. The molecule has 0 bridgehead atoms. The van der Waals surface area contributed by atoms with Crippen molar-refractivity contribution in [2.24, 2.45) is 4.99 Å². The smallest absolute Gasteiger partial charge is 0.386 e. The standard InChI is InChI=1S/C18H27F3N4O3S/c1-3-22-17(23-12-16(26)14-6-4-13(2)5-7-14)24-15-8-10-25(11-9-15)29(27,28)18(19,20)21/h4-7,15-16,26H,3,8-12H2,1-2H3,(H2,22,23,24). The Bertz CT molecular complexity index is 790. The molecule has 1 aliphatic heterocycles. The molecule has 1 unspecified atom stereocenters. The minimum atomic E-state index is -5.29. The van der Waals surface area contributed by atoms with Crippen molar-refractivity contribution in [1.82, 2.24) is 14.9 Å². The lowest BCUT2D eigenvalue weighted by atomic mass is 10.1. The zero-order valence-electron chi connectivity index (χ0n) is 16.4. The zero-order chi connectivity index (χ0) is 21.7. The molecule has 1 aromatic carbocycles. The average molecular weight is 437 g/mol. The number of hydrogen-bond acceptors (Lipinski definition) is 4. The van der Waals surface area contributed by atoms with Crippen LogP contribution >= 0.6 is 0 Å². The van der Waals surface area contributed by atoms with Crippen molar-refractivity contribution in [3.8, 4) is 0 Å². The summed E-state index contributed by atoms with van der Waals surface area (Å²) >= 11 is 0. The van der Waals surface area contributed by atoms with E-state index in [9.17, 15) is 26.7 Å². The number of nitrogens with one attached hydrogen (secondary N) is 2. The summed E-state index contributed by atoms with van der Waals surface area (Å²) in [6.07, 6.45) is -0.342. The number of aryl methyl sites for hydroxylation is 1. The van der Waals surface area contributed by atoms with Gasteiger partial charge in [-0.3, -0.25) is 4.99 Å². The molecule has 164 valence electrons. The third-order valence-electron chi connectivity index (χ3n) is 4.66. The Kier molecular flexibility index (Phi) is 7.89. The first-order valence-corrected chi connectivity index (χ1v) is 10.8. The van der Waals surface area contributed by atoms with Crippen LogP contribution in [0.4, 0.5) is 13.2 Å². The molecule has 1 saturated heterocycles. The Balaban J connectivity index is 1.94. The van der Waals surface area contributed by atoms with Crippen LogP contribution in [-0.4, -0.2) is 61.5 Å². The molecule has 1 aromatic rings. The summed E-state index contributed by atoms with van der Waals surface area (Å²) in [5, 5.41) is 16.4. The SMILES string of the molecule is CCNC(=NCC(O)c1ccc(C)cc1)NC1CCN(S(=O)(=O)C(F)(F)F)CC1. The lowest BCUT2D eigenvalue weighted by Crippen LogP contribution is -2.51. The molecule has 0 saturated carbocycles. The molecular weight excluding hydrogens is 409 g/mol. The van der Waals surface area contributed by atoms with Gasteiger partial charge in [0.15, 0.2) is 5.96 Å². The molecule has 7 nitrogen and oxygen atoms in total. The first-order chi connectivity index (χ1) is 13.5. The maximum Gasteiger partial charge on any atom is 0.511 e. The van der Waals surface area contributed by atoms with Crippen molar-refractivity contribution in [1.29, 1.82) is 0 Å². The summed E-state index contributed by atoms with van der Waals surface area (Å²) in [5.41, 5.74) is -3.46. The largest absolute Gasteiger partial charge is 0.511 e. The molecule has 29 heavy (non-hydrogen) atoms. The molecule has 3 N–H and O–H groups in total. The highest BCUT2D eigenvalue weighted by atomic mass is 32.2. The topological polar surface area (TPSA) is 94.0 Å². The van der Waals surface area contributed by atoms with Crippen LogP contribution in [0, 0.1) is 6.92 Å². The highest BCUT2D eigenvalue weighted by Crippen LogP contribution is 2.28. The summed E-state index contributed by atoms with van der Waals surface area (Å²) in [6.45, 7) is 4.06. The number of rotatable bonds is 6. The predicted octanol–water partition coefficient (Wildman–Crippen LogP) is 1.90. The lowest BCUT2D eigenvalue weighted by Gasteiger charge is -2.32. The van der Waals surface area contributed by atoms with Gasteiger partial charge in [0, 0.05) is 25.7 Å². The summed E-state index contributed by atoms with van der Waals surface area (Å²) < 4.78 is 61.4. The molecule has 0 spiro atoms. The van der Waals surface area contributed by atoms with Gasteiger partial charge >= 0.3 is 15.5 Å². The second kappa shape index (κ2) is 9.77. The first kappa shape index (κ1) is 23.4. The summed E-state index contributed by atoms with van der Waals surface area (Å²) in [6, 6.07) is 7.23. The monoisotopic (exact) mass is 436 g/mol. The number of aliphatic hydroxyl groups excluding tert-OH is 1. The zero-order valence-corrected chi connectivity index (χ0v) is 17.2. The van der Waals surface area contributed by atoms with Crippen molar-refractivity contribution >= 4 is 16.0 Å². The maximum atomic E-state index is 12.7. The third kappa shape index (κ3) is 6.31. The number of aliphatic imine (C=N–C) groups is 1. The van der Waals surface area contributed by atoms with E-state index < -0.39 is 21.6 Å². The Labute approximate surface area is 169 Å². The van der Waals surface area contributed by atoms with Gasteiger partial charge in [0.2, 0.25) is 0 Å². The average Bonchev–Trinajstić information content (AvgIpc) is 2.66. The number of alkyl halides is 3. The predicted molar refractivity (Wildman–Crippen MR) is 105 cm³/mol. The fourth-order valence-corrected chi connectivity index (χ4v) is 3.96. The molecule has 1 atom stereocenters. The number of sulfonamides is 1. The molecule has 2 rings (SSSR count). The normalized spacial score (nSPS) is 18.5. The number of piperidine rings is 1. The van der Waals surface area contributed by atoms with Crippen LogP contribution in [0.3, 0.4) is 0 Å². The molecule has 11 heteroatoms. The molecule has 0 amide bonds. The van der Waals surface area contributed by atoms with Crippen LogP contribution in [0.15, 0.2) is 29.3 Å².